The Bertz CT molecular complexity index is 791. The number of benzene rings is 1. The zero-order valence-corrected chi connectivity index (χ0v) is 16.9. The summed E-state index contributed by atoms with van der Waals surface area (Å²) in [5.41, 5.74) is 2.20. The van der Waals surface area contributed by atoms with Crippen molar-refractivity contribution in [2.45, 2.75) is 71.6 Å². The van der Waals surface area contributed by atoms with Crippen molar-refractivity contribution in [2.24, 2.45) is 0 Å². The lowest BCUT2D eigenvalue weighted by Gasteiger charge is -2.14. The number of unbranched alkanes of at least 4 members (excludes halogenated alkanes) is 4. The van der Waals surface area contributed by atoms with Crippen LogP contribution in [0.25, 0.3) is 5.69 Å². The number of rotatable bonds is 8. The van der Waals surface area contributed by atoms with Gasteiger partial charge in [-0.1, -0.05) is 53.4 Å². The summed E-state index contributed by atoms with van der Waals surface area (Å²) < 4.78 is 1.75. The van der Waals surface area contributed by atoms with Gasteiger partial charge in [0, 0.05) is 17.9 Å². The average Bonchev–Trinajstić information content (AvgIpc) is 3.05. The molecule has 0 spiro atoms. The second-order valence-corrected chi connectivity index (χ2v) is 7.95. The van der Waals surface area contributed by atoms with Gasteiger partial charge in [0.15, 0.2) is 0 Å². The van der Waals surface area contributed by atoms with E-state index in [1.165, 1.54) is 19.3 Å². The van der Waals surface area contributed by atoms with Crippen LogP contribution in [-0.4, -0.2) is 15.7 Å². The first kappa shape index (κ1) is 20.7. The molecule has 27 heavy (non-hydrogen) atoms. The maximum atomic E-state index is 12.4. The van der Waals surface area contributed by atoms with Crippen molar-refractivity contribution in [1.82, 2.24) is 9.78 Å². The van der Waals surface area contributed by atoms with Crippen LogP contribution in [0.5, 0.6) is 0 Å². The summed E-state index contributed by atoms with van der Waals surface area (Å²) in [6.45, 7) is 8.47. The van der Waals surface area contributed by atoms with Crippen molar-refractivity contribution in [3.8, 4) is 11.8 Å². The van der Waals surface area contributed by atoms with Gasteiger partial charge in [0.2, 0.25) is 5.91 Å². The summed E-state index contributed by atoms with van der Waals surface area (Å²) in [5.74, 6) is 0.685. The molecule has 1 N–H and O–H groups in total. The smallest absolute Gasteiger partial charge is 0.225 e. The topological polar surface area (TPSA) is 70.7 Å². The van der Waals surface area contributed by atoms with E-state index in [1.807, 2.05) is 18.2 Å². The van der Waals surface area contributed by atoms with Crippen molar-refractivity contribution in [3.05, 3.63) is 41.6 Å². The highest BCUT2D eigenvalue weighted by Crippen LogP contribution is 2.26. The SMILES string of the molecule is CCCCCCCC(=O)Nc1cc(C(C)(C)C)nn1-c1ccc(C#N)cc1. The number of carbonyl (C=O) groups excluding carboxylic acids is 1. The van der Waals surface area contributed by atoms with Crippen LogP contribution in [0.2, 0.25) is 0 Å². The van der Waals surface area contributed by atoms with Crippen LogP contribution in [0.3, 0.4) is 0 Å². The molecule has 2 aromatic rings. The second-order valence-electron chi connectivity index (χ2n) is 7.95. The lowest BCUT2D eigenvalue weighted by Crippen LogP contribution is -2.14. The maximum Gasteiger partial charge on any atom is 0.225 e. The molecule has 0 saturated carbocycles. The normalized spacial score (nSPS) is 11.2. The van der Waals surface area contributed by atoms with Gasteiger partial charge in [-0.25, -0.2) is 4.68 Å². The third-order valence-electron chi connectivity index (χ3n) is 4.49. The Hall–Kier alpha value is -2.61. The van der Waals surface area contributed by atoms with E-state index in [0.29, 0.717) is 17.8 Å². The zero-order chi connectivity index (χ0) is 19.9. The average molecular weight is 367 g/mol. The number of carbonyl (C=O) groups is 1. The molecule has 0 atom stereocenters. The molecule has 5 heteroatoms. The van der Waals surface area contributed by atoms with E-state index < -0.39 is 0 Å². The van der Waals surface area contributed by atoms with Gasteiger partial charge in [0.1, 0.15) is 5.82 Å². The van der Waals surface area contributed by atoms with Crippen molar-refractivity contribution in [3.63, 3.8) is 0 Å². The summed E-state index contributed by atoms with van der Waals surface area (Å²) in [5, 5.41) is 16.7. The molecular formula is C22H30N4O. The number of nitrogens with one attached hydrogen (secondary N) is 1. The highest BCUT2D eigenvalue weighted by atomic mass is 16.1. The van der Waals surface area contributed by atoms with Crippen LogP contribution < -0.4 is 5.32 Å². The molecule has 0 saturated heterocycles. The number of hydrogen-bond donors (Lipinski definition) is 1. The third kappa shape index (κ3) is 5.96. The number of nitrogens with zero attached hydrogens (tertiary/aromatic N) is 3. The van der Waals surface area contributed by atoms with Crippen molar-refractivity contribution in [1.29, 1.82) is 5.26 Å². The fourth-order valence-electron chi connectivity index (χ4n) is 2.81. The molecule has 1 aromatic carbocycles. The van der Waals surface area contributed by atoms with Crippen LogP contribution >= 0.6 is 0 Å². The Balaban J connectivity index is 2.17. The van der Waals surface area contributed by atoms with E-state index in [9.17, 15) is 4.79 Å². The van der Waals surface area contributed by atoms with E-state index in [2.05, 4.69) is 39.1 Å². The third-order valence-corrected chi connectivity index (χ3v) is 4.49. The van der Waals surface area contributed by atoms with Crippen LogP contribution in [0.4, 0.5) is 5.82 Å². The van der Waals surface area contributed by atoms with Gasteiger partial charge < -0.3 is 5.32 Å². The summed E-state index contributed by atoms with van der Waals surface area (Å²) in [4.78, 5) is 12.4. The molecule has 0 bridgehead atoms. The number of aromatic nitrogens is 2. The molecule has 0 aliphatic rings. The molecule has 1 heterocycles. The molecule has 1 aromatic heterocycles. The Labute approximate surface area is 162 Å². The van der Waals surface area contributed by atoms with Crippen molar-refractivity contribution < 1.29 is 4.79 Å². The van der Waals surface area contributed by atoms with Gasteiger partial charge in [-0.2, -0.15) is 10.4 Å². The number of hydrogen-bond acceptors (Lipinski definition) is 3. The van der Waals surface area contributed by atoms with Gasteiger partial charge in [0.25, 0.3) is 0 Å². The highest BCUT2D eigenvalue weighted by molar-refractivity contribution is 5.90. The van der Waals surface area contributed by atoms with Gasteiger partial charge in [-0.15, -0.1) is 0 Å². The first-order valence-electron chi connectivity index (χ1n) is 9.76. The van der Waals surface area contributed by atoms with E-state index in [0.717, 1.165) is 24.2 Å². The Kier molecular flexibility index (Phi) is 7.18. The van der Waals surface area contributed by atoms with Gasteiger partial charge >= 0.3 is 0 Å². The van der Waals surface area contributed by atoms with Gasteiger partial charge in [0.05, 0.1) is 23.0 Å². The fraction of sp³-hybridized carbons (Fsp3) is 0.500. The molecule has 0 fully saturated rings. The summed E-state index contributed by atoms with van der Waals surface area (Å²) in [6, 6.07) is 11.3. The summed E-state index contributed by atoms with van der Waals surface area (Å²) in [7, 11) is 0. The predicted molar refractivity (Wildman–Crippen MR) is 109 cm³/mol. The van der Waals surface area contributed by atoms with Crippen molar-refractivity contribution in [2.75, 3.05) is 5.32 Å². The fourth-order valence-corrected chi connectivity index (χ4v) is 2.81. The van der Waals surface area contributed by atoms with E-state index >= 15 is 0 Å². The van der Waals surface area contributed by atoms with E-state index in [1.54, 1.807) is 16.8 Å². The molecule has 2 rings (SSSR count). The molecule has 0 unspecified atom stereocenters. The Morgan fingerprint density at radius 2 is 1.81 bits per heavy atom. The minimum atomic E-state index is -0.128. The highest BCUT2D eigenvalue weighted by Gasteiger charge is 2.21. The van der Waals surface area contributed by atoms with Crippen LogP contribution in [0.1, 0.15) is 77.5 Å². The van der Waals surface area contributed by atoms with Crippen LogP contribution in [0.15, 0.2) is 30.3 Å². The molecule has 144 valence electrons. The number of amides is 1. The zero-order valence-electron chi connectivity index (χ0n) is 16.9. The Morgan fingerprint density at radius 3 is 2.41 bits per heavy atom. The van der Waals surface area contributed by atoms with Gasteiger partial charge in [-0.05, 0) is 30.7 Å². The first-order valence-corrected chi connectivity index (χ1v) is 9.76. The maximum absolute atomic E-state index is 12.4. The van der Waals surface area contributed by atoms with E-state index in [-0.39, 0.29) is 11.3 Å². The number of anilines is 1. The summed E-state index contributed by atoms with van der Waals surface area (Å²) in [6.07, 6.45) is 6.12. The summed E-state index contributed by atoms with van der Waals surface area (Å²) >= 11 is 0. The Morgan fingerprint density at radius 1 is 1.15 bits per heavy atom. The van der Waals surface area contributed by atoms with Gasteiger partial charge in [-0.3, -0.25) is 4.79 Å². The molecule has 0 aliphatic carbocycles. The lowest BCUT2D eigenvalue weighted by atomic mass is 9.92. The predicted octanol–water partition coefficient (Wildman–Crippen LogP) is 5.34. The lowest BCUT2D eigenvalue weighted by molar-refractivity contribution is -0.116. The molecule has 0 radical (unpaired) electrons. The first-order chi connectivity index (χ1) is 12.8. The van der Waals surface area contributed by atoms with Crippen LogP contribution in [0, 0.1) is 11.3 Å². The number of nitriles is 1. The van der Waals surface area contributed by atoms with Crippen molar-refractivity contribution >= 4 is 11.7 Å². The minimum absolute atomic E-state index is 0.0155. The molecule has 1 amide bonds. The molecule has 0 aliphatic heterocycles. The monoisotopic (exact) mass is 366 g/mol. The largest absolute Gasteiger partial charge is 0.311 e. The second kappa shape index (κ2) is 9.36. The molecule has 5 nitrogen and oxygen atoms in total. The molecular weight excluding hydrogens is 336 g/mol. The van der Waals surface area contributed by atoms with Crippen LogP contribution in [-0.2, 0) is 10.2 Å². The standard InChI is InChI=1S/C22H30N4O/c1-5-6-7-8-9-10-21(27)24-20-15-19(22(2,3)4)25-26(20)18-13-11-17(16-23)12-14-18/h11-15H,5-10H2,1-4H3,(H,24,27). The minimum Gasteiger partial charge on any atom is -0.311 e. The quantitative estimate of drug-likeness (QED) is 0.641. The van der Waals surface area contributed by atoms with E-state index in [4.69, 9.17) is 10.4 Å².